The van der Waals surface area contributed by atoms with Gasteiger partial charge in [-0.3, -0.25) is 14.4 Å². The minimum Gasteiger partial charge on any atom is -0.461 e. The van der Waals surface area contributed by atoms with Crippen LogP contribution in [-0.2, 0) is 33.9 Å². The van der Waals surface area contributed by atoms with Crippen molar-refractivity contribution in [2.24, 2.45) is 16.9 Å². The van der Waals surface area contributed by atoms with Crippen LogP contribution >= 0.6 is 0 Å². The van der Waals surface area contributed by atoms with Crippen molar-refractivity contribution in [3.63, 3.8) is 0 Å². The molecular formula is C28H35FN4O5. The van der Waals surface area contributed by atoms with Crippen LogP contribution in [0, 0.1) is 11.2 Å². The lowest BCUT2D eigenvalue weighted by Crippen LogP contribution is -2.36. The molecule has 0 radical (unpaired) electrons. The van der Waals surface area contributed by atoms with E-state index in [9.17, 15) is 14.4 Å². The van der Waals surface area contributed by atoms with Crippen LogP contribution in [0.5, 0.6) is 0 Å². The molecule has 9 nitrogen and oxygen atoms in total. The van der Waals surface area contributed by atoms with E-state index in [-0.39, 0.29) is 28.9 Å². The zero-order valence-corrected chi connectivity index (χ0v) is 22.1. The third kappa shape index (κ3) is 4.82. The zero-order chi connectivity index (χ0) is 27.4. The van der Waals surface area contributed by atoms with Crippen molar-refractivity contribution >= 4 is 23.3 Å². The Morgan fingerprint density at radius 3 is 2.53 bits per heavy atom. The van der Waals surface area contributed by atoms with E-state index in [0.29, 0.717) is 68.7 Å². The number of ketones is 1. The summed E-state index contributed by atoms with van der Waals surface area (Å²) in [4.78, 5) is 37.2. The van der Waals surface area contributed by atoms with Crippen LogP contribution < -0.4 is 16.8 Å². The number of rotatable bonds is 6. The van der Waals surface area contributed by atoms with Gasteiger partial charge in [-0.2, -0.15) is 0 Å². The Morgan fingerprint density at radius 1 is 1.16 bits per heavy atom. The van der Waals surface area contributed by atoms with E-state index in [2.05, 4.69) is 19.2 Å². The molecule has 0 bridgehead atoms. The number of nitrogens with zero attached hydrogens (tertiary/aromatic N) is 1. The summed E-state index contributed by atoms with van der Waals surface area (Å²) >= 11 is 0. The minimum absolute atomic E-state index is 0.0684. The molecule has 1 fully saturated rings. The fraction of sp³-hybridized carbons (Fsp3) is 0.536. The van der Waals surface area contributed by atoms with Gasteiger partial charge in [-0.1, -0.05) is 13.8 Å². The molecule has 3 aliphatic rings. The predicted octanol–water partition coefficient (Wildman–Crippen LogP) is 3.51. The fourth-order valence-corrected chi connectivity index (χ4v) is 6.03. The van der Waals surface area contributed by atoms with E-state index in [4.69, 9.17) is 20.9 Å². The summed E-state index contributed by atoms with van der Waals surface area (Å²) in [5.41, 5.74) is 14.8. The quantitative estimate of drug-likeness (QED) is 0.490. The van der Waals surface area contributed by atoms with Gasteiger partial charge in [0.25, 0.3) is 5.91 Å². The second-order valence-corrected chi connectivity index (χ2v) is 11.6. The number of halogens is 1. The number of primary amides is 1. The van der Waals surface area contributed by atoms with Crippen molar-refractivity contribution in [2.75, 3.05) is 5.32 Å². The van der Waals surface area contributed by atoms with Gasteiger partial charge in [0.05, 0.1) is 35.8 Å². The van der Waals surface area contributed by atoms with Gasteiger partial charge in [0.1, 0.15) is 18.0 Å². The molecule has 0 saturated heterocycles. The average molecular weight is 527 g/mol. The van der Waals surface area contributed by atoms with Crippen molar-refractivity contribution in [2.45, 2.75) is 90.7 Å². The smallest absolute Gasteiger partial charge is 0.322 e. The standard InChI is InChI=1S/C28H35FN4O5/c1-14(30)27(36)38-17-6-4-15(5-7-17)32-20-9-16(8-19(29)25(20)26(31)35)33-21-10-28(2,3)11-23(34)24(21)18-12-37-13-22(18)33/h8-9,14-15,17,32H,4-7,10-13,30H2,1-3H3,(H2,31,35)/t14-,15?,17?/m0/s1. The number of ether oxygens (including phenoxy) is 2. The molecule has 1 amide bonds. The predicted molar refractivity (Wildman–Crippen MR) is 139 cm³/mol. The van der Waals surface area contributed by atoms with Crippen LogP contribution in [0.4, 0.5) is 10.1 Å². The highest BCUT2D eigenvalue weighted by Gasteiger charge is 2.39. The Morgan fingerprint density at radius 2 is 1.87 bits per heavy atom. The number of aromatic nitrogens is 1. The molecule has 0 spiro atoms. The highest BCUT2D eigenvalue weighted by atomic mass is 19.1. The van der Waals surface area contributed by atoms with Gasteiger partial charge >= 0.3 is 5.97 Å². The lowest BCUT2D eigenvalue weighted by Gasteiger charge is -2.31. The highest BCUT2D eigenvalue weighted by molar-refractivity contribution is 6.01. The molecule has 2 aromatic rings. The summed E-state index contributed by atoms with van der Waals surface area (Å²) in [5, 5.41) is 3.33. The number of amides is 1. The number of esters is 1. The number of hydrogen-bond acceptors (Lipinski definition) is 7. The Labute approximate surface area is 221 Å². The van der Waals surface area contributed by atoms with Gasteiger partial charge in [0, 0.05) is 29.3 Å². The summed E-state index contributed by atoms with van der Waals surface area (Å²) in [5.74, 6) is -1.95. The lowest BCUT2D eigenvalue weighted by molar-refractivity contribution is -0.151. The molecule has 1 saturated carbocycles. The van der Waals surface area contributed by atoms with Gasteiger partial charge in [-0.05, 0) is 56.6 Å². The SMILES string of the molecule is C[C@H](N)C(=O)OC1CCC(Nc2cc(-n3c4c(c5c3CC(C)(C)CC5=O)COC4)cc(F)c2C(N)=O)CC1. The molecule has 1 atom stereocenters. The molecule has 204 valence electrons. The number of fused-ring (bicyclic) bond motifs is 3. The van der Waals surface area contributed by atoms with Gasteiger partial charge in [-0.15, -0.1) is 0 Å². The van der Waals surface area contributed by atoms with Crippen LogP contribution in [0.25, 0.3) is 5.69 Å². The Bertz CT molecular complexity index is 1310. The van der Waals surface area contributed by atoms with E-state index in [1.54, 1.807) is 13.0 Å². The number of hydrogen-bond donors (Lipinski definition) is 3. The third-order valence-corrected chi connectivity index (χ3v) is 7.80. The molecule has 2 aliphatic carbocycles. The molecule has 5 rings (SSSR count). The molecule has 2 heterocycles. The third-order valence-electron chi connectivity index (χ3n) is 7.80. The van der Waals surface area contributed by atoms with Crippen molar-refractivity contribution in [1.29, 1.82) is 0 Å². The zero-order valence-electron chi connectivity index (χ0n) is 22.1. The fourth-order valence-electron chi connectivity index (χ4n) is 6.03. The maximum Gasteiger partial charge on any atom is 0.322 e. The number of nitrogens with two attached hydrogens (primary N) is 2. The topological polar surface area (TPSA) is 139 Å². The first kappa shape index (κ1) is 26.4. The van der Waals surface area contributed by atoms with Crippen molar-refractivity contribution in [3.8, 4) is 5.69 Å². The molecule has 1 aromatic carbocycles. The minimum atomic E-state index is -0.865. The van der Waals surface area contributed by atoms with Crippen LogP contribution in [0.3, 0.4) is 0 Å². The molecule has 1 aliphatic heterocycles. The number of carbonyl (C=O) groups excluding carboxylic acids is 3. The summed E-state index contributed by atoms with van der Waals surface area (Å²) < 4.78 is 28.5. The first-order chi connectivity index (χ1) is 17.9. The van der Waals surface area contributed by atoms with Gasteiger partial charge in [-0.25, -0.2) is 4.39 Å². The largest absolute Gasteiger partial charge is 0.461 e. The molecule has 0 unspecified atom stereocenters. The average Bonchev–Trinajstić information content (AvgIpc) is 3.38. The number of nitrogens with one attached hydrogen (secondary N) is 1. The number of carbonyl (C=O) groups is 3. The van der Waals surface area contributed by atoms with E-state index >= 15 is 4.39 Å². The molecule has 1 aromatic heterocycles. The normalized spacial score (nSPS) is 22.9. The van der Waals surface area contributed by atoms with E-state index in [1.165, 1.54) is 6.07 Å². The van der Waals surface area contributed by atoms with E-state index in [1.807, 2.05) is 4.57 Å². The van der Waals surface area contributed by atoms with Crippen LogP contribution in [-0.4, -0.2) is 40.4 Å². The van der Waals surface area contributed by atoms with Gasteiger partial charge < -0.3 is 30.8 Å². The first-order valence-electron chi connectivity index (χ1n) is 13.2. The Kier molecular flexibility index (Phi) is 6.81. The van der Waals surface area contributed by atoms with E-state index < -0.39 is 23.7 Å². The Hall–Kier alpha value is -3.24. The van der Waals surface area contributed by atoms with E-state index in [0.717, 1.165) is 17.0 Å². The van der Waals surface area contributed by atoms with Crippen LogP contribution in [0.1, 0.15) is 90.5 Å². The maximum absolute atomic E-state index is 15.5. The summed E-state index contributed by atoms with van der Waals surface area (Å²) in [7, 11) is 0. The lowest BCUT2D eigenvalue weighted by atomic mass is 9.75. The first-order valence-corrected chi connectivity index (χ1v) is 13.2. The second kappa shape index (κ2) is 9.81. The number of Topliss-reactive ketones (excluding diaryl/α,β-unsaturated/α-hetero) is 1. The van der Waals surface area contributed by atoms with Crippen LogP contribution in [0.2, 0.25) is 0 Å². The second-order valence-electron chi connectivity index (χ2n) is 11.6. The van der Waals surface area contributed by atoms with Crippen molar-refractivity contribution < 1.29 is 28.2 Å². The maximum atomic E-state index is 15.5. The van der Waals surface area contributed by atoms with Crippen LogP contribution in [0.15, 0.2) is 12.1 Å². The molecule has 38 heavy (non-hydrogen) atoms. The molecular weight excluding hydrogens is 491 g/mol. The Balaban J connectivity index is 1.48. The van der Waals surface area contributed by atoms with Crippen molar-refractivity contribution in [1.82, 2.24) is 4.57 Å². The van der Waals surface area contributed by atoms with Gasteiger partial charge in [0.15, 0.2) is 5.78 Å². The highest BCUT2D eigenvalue weighted by Crippen LogP contribution is 2.43. The van der Waals surface area contributed by atoms with Gasteiger partial charge in [0.2, 0.25) is 0 Å². The molecule has 5 N–H and O–H groups in total. The molecule has 10 heteroatoms. The summed E-state index contributed by atoms with van der Waals surface area (Å²) in [6, 6.07) is 2.29. The summed E-state index contributed by atoms with van der Waals surface area (Å²) in [6.07, 6.45) is 3.44. The number of anilines is 1. The van der Waals surface area contributed by atoms with Crippen molar-refractivity contribution in [3.05, 3.63) is 46.0 Å². The summed E-state index contributed by atoms with van der Waals surface area (Å²) in [6.45, 7) is 6.36. The monoisotopic (exact) mass is 526 g/mol. The number of benzene rings is 1.